The molecule has 1 aromatic rings. The quantitative estimate of drug-likeness (QED) is 0.886. The standard InChI is InChI=1S/C16H22N2O2/c19-15-5-3-11-18(15)13-8-6-12(7-9-13)16(20)14-4-1-2-10-17-14/h6-9,14,16-17,20H,1-5,10-11H2. The molecule has 1 amide bonds. The van der Waals surface area contributed by atoms with Gasteiger partial charge in [0, 0.05) is 24.7 Å². The van der Waals surface area contributed by atoms with Crippen molar-refractivity contribution in [3.63, 3.8) is 0 Å². The lowest BCUT2D eigenvalue weighted by molar-refractivity contribution is -0.117. The monoisotopic (exact) mass is 274 g/mol. The second-order valence-corrected chi connectivity index (χ2v) is 5.74. The van der Waals surface area contributed by atoms with Crippen molar-refractivity contribution in [2.24, 2.45) is 0 Å². The molecule has 4 nitrogen and oxygen atoms in total. The molecule has 2 heterocycles. The Morgan fingerprint density at radius 1 is 1.20 bits per heavy atom. The molecule has 3 rings (SSSR count). The average molecular weight is 274 g/mol. The van der Waals surface area contributed by atoms with Gasteiger partial charge < -0.3 is 15.3 Å². The highest BCUT2D eigenvalue weighted by molar-refractivity contribution is 5.95. The van der Waals surface area contributed by atoms with Crippen LogP contribution in [0.1, 0.15) is 43.8 Å². The molecule has 2 N–H and O–H groups in total. The highest BCUT2D eigenvalue weighted by atomic mass is 16.3. The number of carbonyl (C=O) groups is 1. The van der Waals surface area contributed by atoms with Crippen molar-refractivity contribution >= 4 is 11.6 Å². The van der Waals surface area contributed by atoms with Gasteiger partial charge in [-0.1, -0.05) is 18.6 Å². The van der Waals surface area contributed by atoms with Crippen LogP contribution in [0.2, 0.25) is 0 Å². The maximum Gasteiger partial charge on any atom is 0.227 e. The van der Waals surface area contributed by atoms with Crippen LogP contribution in [-0.4, -0.2) is 30.1 Å². The van der Waals surface area contributed by atoms with E-state index in [4.69, 9.17) is 0 Å². The minimum atomic E-state index is -0.460. The zero-order valence-electron chi connectivity index (χ0n) is 11.7. The molecule has 4 heteroatoms. The number of nitrogens with zero attached hydrogens (tertiary/aromatic N) is 1. The fraction of sp³-hybridized carbons (Fsp3) is 0.562. The van der Waals surface area contributed by atoms with E-state index in [-0.39, 0.29) is 11.9 Å². The maximum absolute atomic E-state index is 11.7. The number of rotatable bonds is 3. The Kier molecular flexibility index (Phi) is 4.03. The van der Waals surface area contributed by atoms with Gasteiger partial charge in [-0.15, -0.1) is 0 Å². The number of amides is 1. The Morgan fingerprint density at radius 2 is 2.00 bits per heavy atom. The summed E-state index contributed by atoms with van der Waals surface area (Å²) in [6, 6.07) is 7.95. The summed E-state index contributed by atoms with van der Waals surface area (Å²) in [5, 5.41) is 13.8. The van der Waals surface area contributed by atoms with Gasteiger partial charge in [0.1, 0.15) is 0 Å². The Hall–Kier alpha value is -1.39. The molecule has 1 aromatic carbocycles. The van der Waals surface area contributed by atoms with E-state index in [1.807, 2.05) is 29.2 Å². The van der Waals surface area contributed by atoms with E-state index >= 15 is 0 Å². The third-order valence-electron chi connectivity index (χ3n) is 4.35. The molecule has 0 aromatic heterocycles. The van der Waals surface area contributed by atoms with Crippen molar-refractivity contribution < 1.29 is 9.90 Å². The zero-order chi connectivity index (χ0) is 13.9. The first kappa shape index (κ1) is 13.6. The number of carbonyl (C=O) groups excluding carboxylic acids is 1. The zero-order valence-corrected chi connectivity index (χ0v) is 11.7. The summed E-state index contributed by atoms with van der Waals surface area (Å²) >= 11 is 0. The first-order chi connectivity index (χ1) is 9.75. The summed E-state index contributed by atoms with van der Waals surface area (Å²) < 4.78 is 0. The van der Waals surface area contributed by atoms with E-state index in [1.54, 1.807) is 0 Å². The smallest absolute Gasteiger partial charge is 0.227 e. The number of aliphatic hydroxyl groups is 1. The van der Waals surface area contributed by atoms with Crippen LogP contribution in [0, 0.1) is 0 Å². The van der Waals surface area contributed by atoms with Crippen molar-refractivity contribution in [1.29, 1.82) is 0 Å². The molecule has 0 bridgehead atoms. The second-order valence-electron chi connectivity index (χ2n) is 5.74. The summed E-state index contributed by atoms with van der Waals surface area (Å²) in [6.07, 6.45) is 4.52. The molecule has 2 unspecified atom stereocenters. The fourth-order valence-electron chi connectivity index (χ4n) is 3.15. The average Bonchev–Trinajstić information content (AvgIpc) is 2.94. The predicted octanol–water partition coefficient (Wildman–Crippen LogP) is 1.99. The number of aliphatic hydroxyl groups excluding tert-OH is 1. The van der Waals surface area contributed by atoms with Gasteiger partial charge >= 0.3 is 0 Å². The Labute approximate surface area is 119 Å². The molecule has 20 heavy (non-hydrogen) atoms. The Balaban J connectivity index is 1.70. The fourth-order valence-corrected chi connectivity index (χ4v) is 3.15. The topological polar surface area (TPSA) is 52.6 Å². The third-order valence-corrected chi connectivity index (χ3v) is 4.35. The van der Waals surface area contributed by atoms with Crippen molar-refractivity contribution in [2.75, 3.05) is 18.0 Å². The molecule has 2 aliphatic rings. The minimum Gasteiger partial charge on any atom is -0.387 e. The van der Waals surface area contributed by atoms with Gasteiger partial charge in [-0.2, -0.15) is 0 Å². The van der Waals surface area contributed by atoms with E-state index in [0.29, 0.717) is 6.42 Å². The summed E-state index contributed by atoms with van der Waals surface area (Å²) in [6.45, 7) is 1.80. The van der Waals surface area contributed by atoms with Crippen LogP contribution < -0.4 is 10.2 Å². The van der Waals surface area contributed by atoms with Crippen LogP contribution in [0.15, 0.2) is 24.3 Å². The molecule has 2 fully saturated rings. The van der Waals surface area contributed by atoms with Crippen LogP contribution >= 0.6 is 0 Å². The second kappa shape index (κ2) is 5.94. The first-order valence-corrected chi connectivity index (χ1v) is 7.57. The molecule has 0 radical (unpaired) electrons. The Morgan fingerprint density at radius 3 is 2.60 bits per heavy atom. The molecule has 0 aliphatic carbocycles. The highest BCUT2D eigenvalue weighted by Crippen LogP contribution is 2.26. The summed E-state index contributed by atoms with van der Waals surface area (Å²) in [5.74, 6) is 0.201. The molecule has 2 aliphatic heterocycles. The molecular formula is C16H22N2O2. The molecule has 2 saturated heterocycles. The predicted molar refractivity (Wildman–Crippen MR) is 78.6 cm³/mol. The lowest BCUT2D eigenvalue weighted by Crippen LogP contribution is -2.38. The lowest BCUT2D eigenvalue weighted by Gasteiger charge is -2.28. The molecule has 2 atom stereocenters. The normalized spacial score (nSPS) is 24.9. The summed E-state index contributed by atoms with van der Waals surface area (Å²) in [5.41, 5.74) is 1.87. The maximum atomic E-state index is 11.7. The molecular weight excluding hydrogens is 252 g/mol. The number of nitrogens with one attached hydrogen (secondary N) is 1. The van der Waals surface area contributed by atoms with Crippen LogP contribution in [0.5, 0.6) is 0 Å². The number of anilines is 1. The van der Waals surface area contributed by atoms with E-state index < -0.39 is 6.10 Å². The van der Waals surface area contributed by atoms with Crippen LogP contribution in [-0.2, 0) is 4.79 Å². The molecule has 0 spiro atoms. The minimum absolute atomic E-state index is 0.156. The van der Waals surface area contributed by atoms with Gasteiger partial charge in [0.2, 0.25) is 5.91 Å². The van der Waals surface area contributed by atoms with Crippen LogP contribution in [0.4, 0.5) is 5.69 Å². The number of hydrogen-bond acceptors (Lipinski definition) is 3. The van der Waals surface area contributed by atoms with Gasteiger partial charge in [0.15, 0.2) is 0 Å². The highest BCUT2D eigenvalue weighted by Gasteiger charge is 2.24. The van der Waals surface area contributed by atoms with Crippen molar-refractivity contribution in [1.82, 2.24) is 5.32 Å². The number of benzene rings is 1. The largest absolute Gasteiger partial charge is 0.387 e. The van der Waals surface area contributed by atoms with Crippen molar-refractivity contribution in [3.8, 4) is 0 Å². The van der Waals surface area contributed by atoms with Gasteiger partial charge in [0.05, 0.1) is 6.10 Å². The SMILES string of the molecule is O=C1CCCN1c1ccc(C(O)C2CCCCN2)cc1. The first-order valence-electron chi connectivity index (χ1n) is 7.57. The van der Waals surface area contributed by atoms with Gasteiger partial charge in [-0.25, -0.2) is 0 Å². The third kappa shape index (κ3) is 2.72. The molecule has 108 valence electrons. The van der Waals surface area contributed by atoms with Gasteiger partial charge in [0.25, 0.3) is 0 Å². The summed E-state index contributed by atoms with van der Waals surface area (Å²) in [4.78, 5) is 13.5. The van der Waals surface area contributed by atoms with Gasteiger partial charge in [-0.3, -0.25) is 4.79 Å². The van der Waals surface area contributed by atoms with E-state index in [1.165, 1.54) is 12.8 Å². The van der Waals surface area contributed by atoms with Gasteiger partial charge in [-0.05, 0) is 43.5 Å². The molecule has 0 saturated carbocycles. The van der Waals surface area contributed by atoms with E-state index in [0.717, 1.165) is 37.2 Å². The summed E-state index contributed by atoms with van der Waals surface area (Å²) in [7, 11) is 0. The van der Waals surface area contributed by atoms with Crippen LogP contribution in [0.25, 0.3) is 0 Å². The van der Waals surface area contributed by atoms with E-state index in [2.05, 4.69) is 5.32 Å². The number of hydrogen-bond donors (Lipinski definition) is 2. The van der Waals surface area contributed by atoms with Crippen molar-refractivity contribution in [3.05, 3.63) is 29.8 Å². The van der Waals surface area contributed by atoms with E-state index in [9.17, 15) is 9.90 Å². The lowest BCUT2D eigenvalue weighted by atomic mass is 9.95. The van der Waals surface area contributed by atoms with Crippen LogP contribution in [0.3, 0.4) is 0 Å². The van der Waals surface area contributed by atoms with Crippen molar-refractivity contribution in [2.45, 2.75) is 44.2 Å². The number of piperidine rings is 1. The Bertz CT molecular complexity index is 466.